The van der Waals surface area contributed by atoms with E-state index in [1.165, 1.54) is 122 Å². The van der Waals surface area contributed by atoms with Gasteiger partial charge in [0.2, 0.25) is 0 Å². The molecule has 0 heterocycles. The molecule has 0 N–H and O–H groups in total. The van der Waals surface area contributed by atoms with Crippen LogP contribution in [0.1, 0.15) is 284 Å². The standard InChI is InChI=1S/C62H108O6/c1-4-7-10-13-16-19-22-25-28-30-32-34-37-40-43-46-49-52-55-61(64)67-58-59(57-66-60(63)54-51-48-45-42-39-36-33-27-24-21-18-15-12-9-6-3)68-62(65)56-53-50-47-44-41-38-35-31-29-26-23-20-17-14-11-8-5-2/h8-9,11-12,17-18,20-21,26-27,29,33,59H,4-7,10,13-16,19,22-25,28,30-32,34-58H2,1-3H3/b11-8-,12-9-,20-17-,21-18-,29-26-,33-27-. The molecule has 0 aliphatic carbocycles. The number of rotatable bonds is 52. The van der Waals surface area contributed by atoms with Crippen molar-refractivity contribution in [2.75, 3.05) is 13.2 Å². The van der Waals surface area contributed by atoms with E-state index in [0.717, 1.165) is 122 Å². The average Bonchev–Trinajstić information content (AvgIpc) is 3.34. The van der Waals surface area contributed by atoms with Crippen molar-refractivity contribution in [1.82, 2.24) is 0 Å². The Morgan fingerprint density at radius 1 is 0.309 bits per heavy atom. The van der Waals surface area contributed by atoms with Crippen molar-refractivity contribution in [2.45, 2.75) is 290 Å². The number of hydrogen-bond acceptors (Lipinski definition) is 6. The zero-order valence-corrected chi connectivity index (χ0v) is 44.9. The normalized spacial score (nSPS) is 12.6. The Kier molecular flexibility index (Phi) is 53.8. The molecule has 6 nitrogen and oxygen atoms in total. The van der Waals surface area contributed by atoms with Gasteiger partial charge in [-0.05, 0) is 83.5 Å². The predicted octanol–water partition coefficient (Wildman–Crippen LogP) is 19.4. The second-order valence-corrected chi connectivity index (χ2v) is 19.1. The van der Waals surface area contributed by atoms with Gasteiger partial charge in [0.15, 0.2) is 6.10 Å². The van der Waals surface area contributed by atoms with E-state index in [1.54, 1.807) is 0 Å². The van der Waals surface area contributed by atoms with Gasteiger partial charge >= 0.3 is 17.9 Å². The fourth-order valence-corrected chi connectivity index (χ4v) is 8.18. The zero-order chi connectivity index (χ0) is 49.3. The molecule has 0 amide bonds. The summed E-state index contributed by atoms with van der Waals surface area (Å²) in [6.45, 7) is 6.42. The molecule has 392 valence electrons. The lowest BCUT2D eigenvalue weighted by Gasteiger charge is -2.18. The van der Waals surface area contributed by atoms with Crippen LogP contribution in [0.2, 0.25) is 0 Å². The van der Waals surface area contributed by atoms with E-state index in [-0.39, 0.29) is 31.1 Å². The highest BCUT2D eigenvalue weighted by Crippen LogP contribution is 2.16. The smallest absolute Gasteiger partial charge is 0.306 e. The first kappa shape index (κ1) is 64.8. The molecule has 0 saturated heterocycles. The van der Waals surface area contributed by atoms with E-state index < -0.39 is 6.10 Å². The zero-order valence-electron chi connectivity index (χ0n) is 44.9. The van der Waals surface area contributed by atoms with Crippen LogP contribution in [0.25, 0.3) is 0 Å². The van der Waals surface area contributed by atoms with Crippen molar-refractivity contribution < 1.29 is 28.6 Å². The molecule has 0 aromatic heterocycles. The summed E-state index contributed by atoms with van der Waals surface area (Å²) in [6.07, 6.45) is 71.8. The van der Waals surface area contributed by atoms with Crippen LogP contribution < -0.4 is 0 Å². The van der Waals surface area contributed by atoms with Crippen LogP contribution in [-0.4, -0.2) is 37.2 Å². The van der Waals surface area contributed by atoms with Crippen molar-refractivity contribution >= 4 is 17.9 Å². The summed E-state index contributed by atoms with van der Waals surface area (Å²) < 4.78 is 16.9. The molecule has 1 unspecified atom stereocenters. The summed E-state index contributed by atoms with van der Waals surface area (Å²) in [5.74, 6) is -0.900. The maximum absolute atomic E-state index is 12.9. The summed E-state index contributed by atoms with van der Waals surface area (Å²) in [7, 11) is 0. The third-order valence-electron chi connectivity index (χ3n) is 12.5. The van der Waals surface area contributed by atoms with E-state index in [0.29, 0.717) is 19.3 Å². The van der Waals surface area contributed by atoms with Gasteiger partial charge in [-0.2, -0.15) is 0 Å². The molecule has 6 heteroatoms. The lowest BCUT2D eigenvalue weighted by atomic mass is 10.0. The topological polar surface area (TPSA) is 78.9 Å². The van der Waals surface area contributed by atoms with E-state index >= 15 is 0 Å². The van der Waals surface area contributed by atoms with E-state index in [9.17, 15) is 14.4 Å². The van der Waals surface area contributed by atoms with Gasteiger partial charge in [-0.25, -0.2) is 0 Å². The van der Waals surface area contributed by atoms with Crippen LogP contribution in [0.15, 0.2) is 72.9 Å². The molecular formula is C62H108O6. The Morgan fingerprint density at radius 3 is 0.897 bits per heavy atom. The summed E-state index contributed by atoms with van der Waals surface area (Å²) in [6, 6.07) is 0. The molecule has 0 saturated carbocycles. The first-order valence-electron chi connectivity index (χ1n) is 28.9. The fraction of sp³-hybridized carbons (Fsp3) is 0.758. The highest BCUT2D eigenvalue weighted by Gasteiger charge is 2.19. The molecular weight excluding hydrogens is 841 g/mol. The van der Waals surface area contributed by atoms with Gasteiger partial charge in [-0.3, -0.25) is 14.4 Å². The van der Waals surface area contributed by atoms with Gasteiger partial charge in [-0.15, -0.1) is 0 Å². The number of carbonyl (C=O) groups excluding carboxylic acids is 3. The Morgan fingerprint density at radius 2 is 0.574 bits per heavy atom. The Bertz CT molecular complexity index is 1270. The molecule has 1 atom stereocenters. The van der Waals surface area contributed by atoms with Gasteiger partial charge < -0.3 is 14.2 Å². The summed E-state index contributed by atoms with van der Waals surface area (Å²) in [4.78, 5) is 38.2. The maximum atomic E-state index is 12.9. The number of ether oxygens (including phenoxy) is 3. The van der Waals surface area contributed by atoms with Gasteiger partial charge in [0.05, 0.1) is 0 Å². The van der Waals surface area contributed by atoms with Crippen molar-refractivity contribution in [1.29, 1.82) is 0 Å². The Balaban J connectivity index is 4.39. The molecule has 68 heavy (non-hydrogen) atoms. The molecule has 0 fully saturated rings. The van der Waals surface area contributed by atoms with Gasteiger partial charge in [0.25, 0.3) is 0 Å². The Labute approximate surface area is 421 Å². The number of esters is 3. The molecule has 0 aromatic rings. The number of hydrogen-bond donors (Lipinski definition) is 0. The predicted molar refractivity (Wildman–Crippen MR) is 293 cm³/mol. The average molecular weight is 950 g/mol. The van der Waals surface area contributed by atoms with Crippen LogP contribution in [0.4, 0.5) is 0 Å². The van der Waals surface area contributed by atoms with E-state index in [4.69, 9.17) is 14.2 Å². The first-order chi connectivity index (χ1) is 33.5. The van der Waals surface area contributed by atoms with Gasteiger partial charge in [0, 0.05) is 19.3 Å². The minimum Gasteiger partial charge on any atom is -0.462 e. The first-order valence-corrected chi connectivity index (χ1v) is 28.9. The molecule has 0 bridgehead atoms. The van der Waals surface area contributed by atoms with Crippen LogP contribution in [0.3, 0.4) is 0 Å². The van der Waals surface area contributed by atoms with Crippen LogP contribution in [0.5, 0.6) is 0 Å². The second kappa shape index (κ2) is 56.4. The van der Waals surface area contributed by atoms with Crippen molar-refractivity contribution in [3.05, 3.63) is 72.9 Å². The number of allylic oxidation sites excluding steroid dienone is 12. The SMILES string of the molecule is CC/C=C\C/C=C\C/C=C\CCCCCCCCCC(=O)OC(COC(=O)CCCCCCC/C=C\C/C=C\C/C=C\CC)COC(=O)CCCCCCCCCCCCCCCCCCCC. The molecule has 0 aromatic carbocycles. The number of carbonyl (C=O) groups is 3. The fourth-order valence-electron chi connectivity index (χ4n) is 8.18. The molecule has 0 spiro atoms. The minimum absolute atomic E-state index is 0.0829. The van der Waals surface area contributed by atoms with E-state index in [2.05, 4.69) is 93.7 Å². The van der Waals surface area contributed by atoms with Crippen molar-refractivity contribution in [3.63, 3.8) is 0 Å². The lowest BCUT2D eigenvalue weighted by molar-refractivity contribution is -0.167. The third kappa shape index (κ3) is 53.8. The quantitative estimate of drug-likeness (QED) is 0.0262. The van der Waals surface area contributed by atoms with Crippen molar-refractivity contribution in [3.8, 4) is 0 Å². The van der Waals surface area contributed by atoms with Crippen molar-refractivity contribution in [2.24, 2.45) is 0 Å². The molecule has 0 radical (unpaired) electrons. The molecule has 0 rings (SSSR count). The Hall–Kier alpha value is -3.15. The lowest BCUT2D eigenvalue weighted by Crippen LogP contribution is -2.30. The van der Waals surface area contributed by atoms with Crippen LogP contribution in [0, 0.1) is 0 Å². The highest BCUT2D eigenvalue weighted by atomic mass is 16.6. The van der Waals surface area contributed by atoms with E-state index in [1.807, 2.05) is 0 Å². The highest BCUT2D eigenvalue weighted by molar-refractivity contribution is 5.71. The summed E-state index contributed by atoms with van der Waals surface area (Å²) in [5, 5.41) is 0. The largest absolute Gasteiger partial charge is 0.462 e. The van der Waals surface area contributed by atoms with Crippen LogP contribution >= 0.6 is 0 Å². The summed E-state index contributed by atoms with van der Waals surface area (Å²) in [5.41, 5.74) is 0. The minimum atomic E-state index is -0.787. The maximum Gasteiger partial charge on any atom is 0.306 e. The summed E-state index contributed by atoms with van der Waals surface area (Å²) >= 11 is 0. The molecule has 0 aliphatic heterocycles. The van der Waals surface area contributed by atoms with Crippen LogP contribution in [-0.2, 0) is 28.6 Å². The molecule has 0 aliphatic rings. The second-order valence-electron chi connectivity index (χ2n) is 19.1. The monoisotopic (exact) mass is 949 g/mol. The third-order valence-corrected chi connectivity index (χ3v) is 12.5. The van der Waals surface area contributed by atoms with Gasteiger partial charge in [0.1, 0.15) is 13.2 Å². The van der Waals surface area contributed by atoms with Gasteiger partial charge in [-0.1, -0.05) is 254 Å². The number of unbranched alkanes of at least 4 members (excludes halogenated alkanes) is 29.